The second kappa shape index (κ2) is 4.66. The molecule has 0 saturated heterocycles. The van der Waals surface area contributed by atoms with Gasteiger partial charge in [0.1, 0.15) is 15.9 Å². The van der Waals surface area contributed by atoms with Gasteiger partial charge in [-0.25, -0.2) is 4.39 Å². The van der Waals surface area contributed by atoms with Crippen molar-refractivity contribution in [2.24, 2.45) is 0 Å². The van der Waals surface area contributed by atoms with Crippen molar-refractivity contribution in [2.75, 3.05) is 0 Å². The Balaban J connectivity index is 2.85. The minimum Gasteiger partial charge on any atom is -0.296 e. The van der Waals surface area contributed by atoms with Crippen LogP contribution in [0.25, 0.3) is 0 Å². The van der Waals surface area contributed by atoms with E-state index in [1.54, 1.807) is 6.07 Å². The van der Waals surface area contributed by atoms with Gasteiger partial charge in [0.25, 0.3) is 0 Å². The molecule has 0 radical (unpaired) electrons. The fourth-order valence-corrected chi connectivity index (χ4v) is 1.38. The molecule has 1 rings (SSSR count). The molecule has 0 spiro atoms. The molecule has 0 heterocycles. The standard InChI is InChI=1S/C9H7FN2OS/c10-7-4-2-1-3-6(7)9(12)14-8(11)5-13/h1-5,11-12H. The fourth-order valence-electron chi connectivity index (χ4n) is 0.834. The van der Waals surface area contributed by atoms with Gasteiger partial charge >= 0.3 is 0 Å². The smallest absolute Gasteiger partial charge is 0.174 e. The zero-order valence-electron chi connectivity index (χ0n) is 7.08. The Bertz CT molecular complexity index is 392. The van der Waals surface area contributed by atoms with Gasteiger partial charge in [-0.2, -0.15) is 0 Å². The first-order valence-electron chi connectivity index (χ1n) is 3.70. The molecule has 1 aromatic rings. The molecule has 3 nitrogen and oxygen atoms in total. The molecule has 0 aromatic heterocycles. The topological polar surface area (TPSA) is 64.8 Å². The van der Waals surface area contributed by atoms with Gasteiger partial charge in [-0.1, -0.05) is 12.1 Å². The molecular weight excluding hydrogens is 203 g/mol. The van der Waals surface area contributed by atoms with E-state index in [0.29, 0.717) is 18.0 Å². The van der Waals surface area contributed by atoms with Gasteiger partial charge < -0.3 is 0 Å². The van der Waals surface area contributed by atoms with Crippen LogP contribution in [0.15, 0.2) is 24.3 Å². The van der Waals surface area contributed by atoms with Gasteiger partial charge in [0.05, 0.1) is 0 Å². The van der Waals surface area contributed by atoms with Crippen molar-refractivity contribution in [2.45, 2.75) is 0 Å². The van der Waals surface area contributed by atoms with Crippen LogP contribution in [0.5, 0.6) is 0 Å². The molecule has 0 saturated carbocycles. The third-order valence-electron chi connectivity index (χ3n) is 1.44. The number of aldehydes is 1. The number of rotatable bonds is 2. The number of benzene rings is 1. The minimum absolute atomic E-state index is 0.101. The average Bonchev–Trinajstić information content (AvgIpc) is 2.18. The van der Waals surface area contributed by atoms with Crippen molar-refractivity contribution < 1.29 is 9.18 Å². The van der Waals surface area contributed by atoms with E-state index in [-0.39, 0.29) is 15.7 Å². The number of nitrogens with one attached hydrogen (secondary N) is 2. The second-order valence-corrected chi connectivity index (χ2v) is 3.45. The number of hydrogen-bond acceptors (Lipinski definition) is 4. The summed E-state index contributed by atoms with van der Waals surface area (Å²) in [5.41, 5.74) is 0.101. The molecule has 0 aliphatic heterocycles. The second-order valence-electron chi connectivity index (χ2n) is 2.39. The number of hydrogen-bond donors (Lipinski definition) is 2. The molecule has 72 valence electrons. The zero-order chi connectivity index (χ0) is 10.6. The van der Waals surface area contributed by atoms with E-state index >= 15 is 0 Å². The lowest BCUT2D eigenvalue weighted by Crippen LogP contribution is -2.02. The maximum absolute atomic E-state index is 13.1. The maximum Gasteiger partial charge on any atom is 0.174 e. The summed E-state index contributed by atoms with van der Waals surface area (Å²) < 4.78 is 13.1. The largest absolute Gasteiger partial charge is 0.296 e. The fraction of sp³-hybridized carbons (Fsp3) is 0. The molecule has 5 heteroatoms. The Kier molecular flexibility index (Phi) is 3.53. The third kappa shape index (κ3) is 2.50. The predicted molar refractivity (Wildman–Crippen MR) is 54.6 cm³/mol. The summed E-state index contributed by atoms with van der Waals surface area (Å²) in [5, 5.41) is 14.0. The minimum atomic E-state index is -0.524. The highest BCUT2D eigenvalue weighted by Gasteiger charge is 2.09. The van der Waals surface area contributed by atoms with Crippen molar-refractivity contribution in [1.29, 1.82) is 10.8 Å². The van der Waals surface area contributed by atoms with Crippen LogP contribution in [0.3, 0.4) is 0 Å². The highest BCUT2D eigenvalue weighted by Crippen LogP contribution is 2.15. The summed E-state index contributed by atoms with van der Waals surface area (Å²) in [7, 11) is 0. The van der Waals surface area contributed by atoms with Gasteiger partial charge in [0.2, 0.25) is 0 Å². The first-order valence-corrected chi connectivity index (χ1v) is 4.52. The van der Waals surface area contributed by atoms with Crippen LogP contribution >= 0.6 is 11.8 Å². The van der Waals surface area contributed by atoms with Crippen LogP contribution in [-0.2, 0) is 4.79 Å². The third-order valence-corrected chi connectivity index (χ3v) is 2.18. The number of carbonyl (C=O) groups is 1. The predicted octanol–water partition coefficient (Wildman–Crippen LogP) is 2.06. The Morgan fingerprint density at radius 2 is 2.00 bits per heavy atom. The Morgan fingerprint density at radius 1 is 1.36 bits per heavy atom. The molecule has 0 amide bonds. The van der Waals surface area contributed by atoms with Gasteiger partial charge in [0, 0.05) is 5.56 Å². The average molecular weight is 210 g/mol. The lowest BCUT2D eigenvalue weighted by molar-refractivity contribution is -0.102. The number of halogens is 1. The van der Waals surface area contributed by atoms with Gasteiger partial charge in [0.15, 0.2) is 6.29 Å². The van der Waals surface area contributed by atoms with E-state index in [9.17, 15) is 9.18 Å². The highest BCUT2D eigenvalue weighted by atomic mass is 32.2. The van der Waals surface area contributed by atoms with Crippen LogP contribution in [0.2, 0.25) is 0 Å². The first kappa shape index (κ1) is 10.6. The van der Waals surface area contributed by atoms with Crippen molar-refractivity contribution in [3.63, 3.8) is 0 Å². The molecule has 0 aliphatic carbocycles. The van der Waals surface area contributed by atoms with Crippen molar-refractivity contribution in [3.05, 3.63) is 35.6 Å². The van der Waals surface area contributed by atoms with Crippen molar-refractivity contribution in [1.82, 2.24) is 0 Å². The van der Waals surface area contributed by atoms with Gasteiger partial charge in [-0.3, -0.25) is 15.6 Å². The monoisotopic (exact) mass is 210 g/mol. The Morgan fingerprint density at radius 3 is 2.57 bits per heavy atom. The van der Waals surface area contributed by atoms with E-state index in [2.05, 4.69) is 0 Å². The molecule has 0 bridgehead atoms. The molecule has 1 aromatic carbocycles. The normalized spacial score (nSPS) is 9.50. The van der Waals surface area contributed by atoms with E-state index < -0.39 is 5.82 Å². The van der Waals surface area contributed by atoms with Crippen molar-refractivity contribution >= 4 is 28.1 Å². The summed E-state index contributed by atoms with van der Waals surface area (Å²) in [4.78, 5) is 10.1. The van der Waals surface area contributed by atoms with Crippen LogP contribution in [-0.4, -0.2) is 16.4 Å². The molecule has 0 unspecified atom stereocenters. The van der Waals surface area contributed by atoms with Crippen LogP contribution in [0.1, 0.15) is 5.56 Å². The van der Waals surface area contributed by atoms with Crippen LogP contribution in [0.4, 0.5) is 4.39 Å². The summed E-state index contributed by atoms with van der Waals surface area (Å²) in [6.07, 6.45) is 0.319. The molecule has 0 fully saturated rings. The van der Waals surface area contributed by atoms with Gasteiger partial charge in [-0.05, 0) is 23.9 Å². The maximum atomic E-state index is 13.1. The zero-order valence-corrected chi connectivity index (χ0v) is 7.90. The quantitative estimate of drug-likeness (QED) is 0.446. The van der Waals surface area contributed by atoms with E-state index in [0.717, 1.165) is 0 Å². The molecule has 2 N–H and O–H groups in total. The lowest BCUT2D eigenvalue weighted by atomic mass is 10.2. The van der Waals surface area contributed by atoms with Gasteiger partial charge in [-0.15, -0.1) is 0 Å². The molecule has 14 heavy (non-hydrogen) atoms. The Labute approximate surface area is 84.3 Å². The van der Waals surface area contributed by atoms with Crippen molar-refractivity contribution in [3.8, 4) is 0 Å². The van der Waals surface area contributed by atoms with E-state index in [1.165, 1.54) is 18.2 Å². The summed E-state index contributed by atoms with van der Waals surface area (Å²) in [5.74, 6) is -0.524. The molecule has 0 aliphatic rings. The Hall–Kier alpha value is -1.49. The number of carbonyl (C=O) groups excluding carboxylic acids is 1. The SMILES string of the molecule is N=C(C=O)SC(=N)c1ccccc1F. The summed E-state index contributed by atoms with van der Waals surface area (Å²) in [6.45, 7) is 0. The van der Waals surface area contributed by atoms with Crippen LogP contribution < -0.4 is 0 Å². The number of thioether (sulfide) groups is 1. The van der Waals surface area contributed by atoms with E-state index in [1.807, 2.05) is 0 Å². The van der Waals surface area contributed by atoms with Crippen LogP contribution in [0, 0.1) is 16.6 Å². The highest BCUT2D eigenvalue weighted by molar-refractivity contribution is 8.28. The summed E-state index contributed by atoms with van der Waals surface area (Å²) in [6, 6.07) is 5.78. The van der Waals surface area contributed by atoms with E-state index in [4.69, 9.17) is 10.8 Å². The molecule has 0 atom stereocenters. The summed E-state index contributed by atoms with van der Waals surface area (Å²) >= 11 is 0.625. The lowest BCUT2D eigenvalue weighted by Gasteiger charge is -2.02. The molecular formula is C9H7FN2OS. The first-order chi connectivity index (χ1) is 6.65.